The lowest BCUT2D eigenvalue weighted by Gasteiger charge is -2.32. The molecule has 1 aliphatic heterocycles. The summed E-state index contributed by atoms with van der Waals surface area (Å²) in [5.74, 6) is 0.795. The van der Waals surface area contributed by atoms with Crippen LogP contribution < -0.4 is 10.2 Å². The van der Waals surface area contributed by atoms with Crippen LogP contribution in [0.15, 0.2) is 47.2 Å². The number of thiophene rings is 1. The Morgan fingerprint density at radius 3 is 2.67 bits per heavy atom. The SMILES string of the molecule is CC1CCN(c2ccc(NC(=O)Cc3csc(-c4cccs4)n3)cc2)CC1. The molecule has 0 saturated carbocycles. The molecule has 0 aliphatic carbocycles. The van der Waals surface area contributed by atoms with Crippen LogP contribution in [0.4, 0.5) is 11.4 Å². The van der Waals surface area contributed by atoms with Crippen LogP contribution in [0.5, 0.6) is 0 Å². The first kappa shape index (κ1) is 18.2. The van der Waals surface area contributed by atoms with Gasteiger partial charge in [-0.2, -0.15) is 0 Å². The van der Waals surface area contributed by atoms with E-state index in [4.69, 9.17) is 0 Å². The van der Waals surface area contributed by atoms with Crippen molar-refractivity contribution in [3.63, 3.8) is 0 Å². The summed E-state index contributed by atoms with van der Waals surface area (Å²) in [5, 5.41) is 7.97. The van der Waals surface area contributed by atoms with Crippen molar-refractivity contribution in [3.8, 4) is 9.88 Å². The van der Waals surface area contributed by atoms with Gasteiger partial charge in [0.25, 0.3) is 0 Å². The number of nitrogens with one attached hydrogen (secondary N) is 1. The molecule has 1 amide bonds. The normalized spacial score (nSPS) is 15.1. The fraction of sp³-hybridized carbons (Fsp3) is 0.333. The minimum absolute atomic E-state index is 0.0300. The maximum atomic E-state index is 12.3. The Labute approximate surface area is 167 Å². The molecule has 0 atom stereocenters. The molecular formula is C21H23N3OS2. The van der Waals surface area contributed by atoms with E-state index in [1.807, 2.05) is 29.0 Å². The zero-order chi connectivity index (χ0) is 18.6. The van der Waals surface area contributed by atoms with E-state index in [-0.39, 0.29) is 5.91 Å². The molecule has 6 heteroatoms. The van der Waals surface area contributed by atoms with E-state index in [2.05, 4.69) is 40.3 Å². The van der Waals surface area contributed by atoms with Crippen molar-refractivity contribution in [2.75, 3.05) is 23.3 Å². The smallest absolute Gasteiger partial charge is 0.230 e. The van der Waals surface area contributed by atoms with Gasteiger partial charge in [-0.3, -0.25) is 4.79 Å². The van der Waals surface area contributed by atoms with Crippen LogP contribution in [0.1, 0.15) is 25.5 Å². The van der Waals surface area contributed by atoms with Gasteiger partial charge in [-0.05, 0) is 54.5 Å². The number of aromatic nitrogens is 1. The third-order valence-corrected chi connectivity index (χ3v) is 6.86. The highest BCUT2D eigenvalue weighted by molar-refractivity contribution is 7.20. The molecule has 2 aromatic heterocycles. The van der Waals surface area contributed by atoms with Crippen molar-refractivity contribution < 1.29 is 4.79 Å². The minimum atomic E-state index is -0.0300. The molecule has 27 heavy (non-hydrogen) atoms. The summed E-state index contributed by atoms with van der Waals surface area (Å²) in [7, 11) is 0. The van der Waals surface area contributed by atoms with E-state index >= 15 is 0 Å². The maximum Gasteiger partial charge on any atom is 0.230 e. The van der Waals surface area contributed by atoms with Gasteiger partial charge in [-0.1, -0.05) is 13.0 Å². The van der Waals surface area contributed by atoms with Gasteiger partial charge in [0, 0.05) is 29.8 Å². The van der Waals surface area contributed by atoms with Gasteiger partial charge >= 0.3 is 0 Å². The molecule has 1 aromatic carbocycles. The quantitative estimate of drug-likeness (QED) is 0.636. The molecule has 1 saturated heterocycles. The average molecular weight is 398 g/mol. The molecular weight excluding hydrogens is 374 g/mol. The number of benzene rings is 1. The molecule has 1 N–H and O–H groups in total. The maximum absolute atomic E-state index is 12.3. The number of amides is 1. The Kier molecular flexibility index (Phi) is 5.55. The zero-order valence-electron chi connectivity index (χ0n) is 15.4. The summed E-state index contributed by atoms with van der Waals surface area (Å²) in [5.41, 5.74) is 2.89. The van der Waals surface area contributed by atoms with Crippen molar-refractivity contribution >= 4 is 40.0 Å². The average Bonchev–Trinajstić information content (AvgIpc) is 3.35. The summed E-state index contributed by atoms with van der Waals surface area (Å²) >= 11 is 3.25. The number of anilines is 2. The number of hydrogen-bond acceptors (Lipinski definition) is 5. The summed E-state index contributed by atoms with van der Waals surface area (Å²) in [6.07, 6.45) is 2.80. The summed E-state index contributed by atoms with van der Waals surface area (Å²) < 4.78 is 0. The van der Waals surface area contributed by atoms with Crippen LogP contribution in [-0.2, 0) is 11.2 Å². The lowest BCUT2D eigenvalue weighted by Crippen LogP contribution is -2.32. The number of carbonyl (C=O) groups excluding carboxylic acids is 1. The molecule has 0 unspecified atom stereocenters. The van der Waals surface area contributed by atoms with Crippen molar-refractivity contribution in [3.05, 3.63) is 52.9 Å². The van der Waals surface area contributed by atoms with Gasteiger partial charge in [-0.15, -0.1) is 22.7 Å². The van der Waals surface area contributed by atoms with Crippen LogP contribution >= 0.6 is 22.7 Å². The van der Waals surface area contributed by atoms with E-state index in [1.165, 1.54) is 18.5 Å². The number of piperidine rings is 1. The van der Waals surface area contributed by atoms with Gasteiger partial charge in [0.1, 0.15) is 5.01 Å². The van der Waals surface area contributed by atoms with Crippen molar-refractivity contribution in [1.29, 1.82) is 0 Å². The van der Waals surface area contributed by atoms with E-state index in [1.54, 1.807) is 22.7 Å². The number of thiazole rings is 1. The highest BCUT2D eigenvalue weighted by Gasteiger charge is 2.16. The first-order chi connectivity index (χ1) is 13.2. The third kappa shape index (κ3) is 4.57. The lowest BCUT2D eigenvalue weighted by molar-refractivity contribution is -0.115. The summed E-state index contributed by atoms with van der Waals surface area (Å²) in [6, 6.07) is 12.2. The van der Waals surface area contributed by atoms with E-state index < -0.39 is 0 Å². The predicted octanol–water partition coefficient (Wildman–Crippen LogP) is 5.29. The Hall–Kier alpha value is -2.18. The Bertz CT molecular complexity index is 879. The van der Waals surface area contributed by atoms with Crippen molar-refractivity contribution in [2.45, 2.75) is 26.2 Å². The number of hydrogen-bond donors (Lipinski definition) is 1. The van der Waals surface area contributed by atoms with Crippen LogP contribution in [0.2, 0.25) is 0 Å². The highest BCUT2D eigenvalue weighted by atomic mass is 32.1. The van der Waals surface area contributed by atoms with Crippen LogP contribution in [-0.4, -0.2) is 24.0 Å². The van der Waals surface area contributed by atoms with Crippen molar-refractivity contribution in [1.82, 2.24) is 4.98 Å². The van der Waals surface area contributed by atoms with E-state index in [0.29, 0.717) is 6.42 Å². The Morgan fingerprint density at radius 2 is 1.96 bits per heavy atom. The molecule has 140 valence electrons. The van der Waals surface area contributed by atoms with Gasteiger partial charge in [0.15, 0.2) is 0 Å². The fourth-order valence-corrected chi connectivity index (χ4v) is 4.93. The van der Waals surface area contributed by atoms with Crippen LogP contribution in [0.3, 0.4) is 0 Å². The van der Waals surface area contributed by atoms with Gasteiger partial charge in [0.2, 0.25) is 5.91 Å². The first-order valence-corrected chi connectivity index (χ1v) is 11.1. The molecule has 1 aliphatic rings. The number of rotatable bonds is 5. The molecule has 1 fully saturated rings. The summed E-state index contributed by atoms with van der Waals surface area (Å²) in [4.78, 5) is 20.5. The monoisotopic (exact) mass is 397 g/mol. The standard InChI is InChI=1S/C21H23N3OS2/c1-15-8-10-24(11-9-15)18-6-4-16(5-7-18)22-20(25)13-17-14-27-21(23-17)19-3-2-12-26-19/h2-7,12,14-15H,8-11,13H2,1H3,(H,22,25). The lowest BCUT2D eigenvalue weighted by atomic mass is 9.99. The fourth-order valence-electron chi connectivity index (χ4n) is 3.29. The number of carbonyl (C=O) groups is 1. The molecule has 0 bridgehead atoms. The number of nitrogens with zero attached hydrogens (tertiary/aromatic N) is 2. The predicted molar refractivity (Wildman–Crippen MR) is 115 cm³/mol. The Morgan fingerprint density at radius 1 is 1.19 bits per heavy atom. The minimum Gasteiger partial charge on any atom is -0.372 e. The molecule has 3 aromatic rings. The van der Waals surface area contributed by atoms with E-state index in [9.17, 15) is 4.79 Å². The van der Waals surface area contributed by atoms with Crippen molar-refractivity contribution in [2.24, 2.45) is 5.92 Å². The Balaban J connectivity index is 1.33. The second kappa shape index (κ2) is 8.23. The molecule has 4 rings (SSSR count). The van der Waals surface area contributed by atoms with Crippen LogP contribution in [0.25, 0.3) is 9.88 Å². The molecule has 0 radical (unpaired) electrons. The van der Waals surface area contributed by atoms with Gasteiger partial charge in [0.05, 0.1) is 17.0 Å². The third-order valence-electron chi connectivity index (χ3n) is 4.93. The largest absolute Gasteiger partial charge is 0.372 e. The topological polar surface area (TPSA) is 45.2 Å². The second-order valence-electron chi connectivity index (χ2n) is 7.06. The van der Waals surface area contributed by atoms with Crippen LogP contribution in [0, 0.1) is 5.92 Å². The molecule has 4 nitrogen and oxygen atoms in total. The van der Waals surface area contributed by atoms with E-state index in [0.717, 1.165) is 40.3 Å². The first-order valence-electron chi connectivity index (χ1n) is 9.30. The zero-order valence-corrected chi connectivity index (χ0v) is 17.0. The second-order valence-corrected chi connectivity index (χ2v) is 8.87. The van der Waals surface area contributed by atoms with Gasteiger partial charge in [-0.25, -0.2) is 4.98 Å². The summed E-state index contributed by atoms with van der Waals surface area (Å²) in [6.45, 7) is 4.55. The molecule has 0 spiro atoms. The highest BCUT2D eigenvalue weighted by Crippen LogP contribution is 2.28. The molecule has 3 heterocycles. The van der Waals surface area contributed by atoms with Gasteiger partial charge < -0.3 is 10.2 Å².